The number of carbonyl (C=O) groups is 2. The summed E-state index contributed by atoms with van der Waals surface area (Å²) in [7, 11) is 0. The first-order valence-corrected chi connectivity index (χ1v) is 9.52. The van der Waals surface area contributed by atoms with Gasteiger partial charge < -0.3 is 15.1 Å². The number of nitrogens with zero attached hydrogens (tertiary/aromatic N) is 2. The Bertz CT molecular complexity index is 971. The second kappa shape index (κ2) is 7.28. The lowest BCUT2D eigenvalue weighted by Gasteiger charge is -2.20. The first kappa shape index (κ1) is 18.5. The van der Waals surface area contributed by atoms with Crippen molar-refractivity contribution in [1.82, 2.24) is 0 Å². The van der Waals surface area contributed by atoms with Gasteiger partial charge in [-0.25, -0.2) is 0 Å². The molecule has 2 amide bonds. The predicted octanol–water partition coefficient (Wildman–Crippen LogP) is 3.77. The normalized spacial score (nSPS) is 20.4. The summed E-state index contributed by atoms with van der Waals surface area (Å²) in [5.74, 6) is -0.226. The van der Waals surface area contributed by atoms with E-state index in [2.05, 4.69) is 10.5 Å². The smallest absolute Gasteiger partial charge is 0.268 e. The molecular weight excluding hydrogens is 378 g/mol. The van der Waals surface area contributed by atoms with Crippen LogP contribution in [0.5, 0.6) is 0 Å². The van der Waals surface area contributed by atoms with E-state index in [9.17, 15) is 9.59 Å². The zero-order chi connectivity index (χ0) is 19.8. The van der Waals surface area contributed by atoms with Crippen molar-refractivity contribution in [2.24, 2.45) is 5.16 Å². The van der Waals surface area contributed by atoms with Gasteiger partial charge in [-0.05, 0) is 54.8 Å². The minimum absolute atomic E-state index is 0.0225. The number of anilines is 2. The number of amides is 2. The number of hydrogen-bond acceptors (Lipinski definition) is 4. The topological polar surface area (TPSA) is 71.0 Å². The quantitative estimate of drug-likeness (QED) is 0.856. The summed E-state index contributed by atoms with van der Waals surface area (Å²) in [6, 6.07) is 13.0. The Morgan fingerprint density at radius 3 is 2.64 bits per heavy atom. The van der Waals surface area contributed by atoms with Gasteiger partial charge in [0.1, 0.15) is 0 Å². The van der Waals surface area contributed by atoms with Crippen LogP contribution in [0.2, 0.25) is 5.02 Å². The van der Waals surface area contributed by atoms with Crippen molar-refractivity contribution in [3.8, 4) is 0 Å². The number of hydrogen-bond donors (Lipinski definition) is 1. The molecule has 0 unspecified atom stereocenters. The van der Waals surface area contributed by atoms with Gasteiger partial charge in [0.2, 0.25) is 12.0 Å². The molecule has 2 atom stereocenters. The van der Waals surface area contributed by atoms with Crippen molar-refractivity contribution in [2.75, 3.05) is 10.2 Å². The van der Waals surface area contributed by atoms with Gasteiger partial charge in [0, 0.05) is 35.8 Å². The van der Waals surface area contributed by atoms with Crippen LogP contribution in [0.25, 0.3) is 0 Å². The third-order valence-electron chi connectivity index (χ3n) is 5.04. The monoisotopic (exact) mass is 397 g/mol. The van der Waals surface area contributed by atoms with E-state index in [4.69, 9.17) is 16.4 Å². The van der Waals surface area contributed by atoms with Crippen LogP contribution in [0.4, 0.5) is 11.4 Å². The summed E-state index contributed by atoms with van der Waals surface area (Å²) in [6.07, 6.45) is 0.488. The highest BCUT2D eigenvalue weighted by atomic mass is 35.5. The van der Waals surface area contributed by atoms with Gasteiger partial charge >= 0.3 is 0 Å². The van der Waals surface area contributed by atoms with Crippen LogP contribution in [0, 0.1) is 0 Å². The molecule has 1 N–H and O–H groups in total. The molecule has 6 nitrogen and oxygen atoms in total. The number of oxime groups is 1. The summed E-state index contributed by atoms with van der Waals surface area (Å²) in [6.45, 7) is 3.58. The van der Waals surface area contributed by atoms with Crippen LogP contribution in [-0.4, -0.2) is 29.7 Å². The predicted molar refractivity (Wildman–Crippen MR) is 109 cm³/mol. The molecule has 0 saturated carbocycles. The highest BCUT2D eigenvalue weighted by Crippen LogP contribution is 2.34. The zero-order valence-corrected chi connectivity index (χ0v) is 16.4. The second-order valence-corrected chi connectivity index (χ2v) is 7.55. The van der Waals surface area contributed by atoms with Crippen LogP contribution >= 0.6 is 11.6 Å². The molecule has 0 saturated heterocycles. The van der Waals surface area contributed by atoms with Gasteiger partial charge in [0.25, 0.3) is 5.91 Å². The lowest BCUT2D eigenvalue weighted by Crippen LogP contribution is -2.33. The Morgan fingerprint density at radius 1 is 1.18 bits per heavy atom. The van der Waals surface area contributed by atoms with Crippen LogP contribution in [-0.2, 0) is 20.8 Å². The average molecular weight is 398 g/mol. The van der Waals surface area contributed by atoms with Crippen molar-refractivity contribution in [3.05, 3.63) is 58.6 Å². The van der Waals surface area contributed by atoms with E-state index in [0.717, 1.165) is 28.9 Å². The SMILES string of the molecule is CC(=O)N1c2ccc(NC(=O)[C@H]3CC(c4ccc(Cl)cc4)=NO3)cc2C[C@@H]1C. The molecule has 0 spiro atoms. The second-order valence-electron chi connectivity index (χ2n) is 7.12. The maximum atomic E-state index is 12.6. The van der Waals surface area contributed by atoms with Crippen LogP contribution in [0.15, 0.2) is 47.6 Å². The maximum absolute atomic E-state index is 12.6. The Kier molecular flexibility index (Phi) is 4.81. The Balaban J connectivity index is 1.42. The van der Waals surface area contributed by atoms with Gasteiger partial charge in [-0.3, -0.25) is 9.59 Å². The fourth-order valence-corrected chi connectivity index (χ4v) is 3.87. The van der Waals surface area contributed by atoms with Crippen LogP contribution < -0.4 is 10.2 Å². The fourth-order valence-electron chi connectivity index (χ4n) is 3.74. The van der Waals surface area contributed by atoms with E-state index in [-0.39, 0.29) is 17.9 Å². The van der Waals surface area contributed by atoms with E-state index in [1.54, 1.807) is 30.0 Å². The van der Waals surface area contributed by atoms with Crippen molar-refractivity contribution in [3.63, 3.8) is 0 Å². The summed E-state index contributed by atoms with van der Waals surface area (Å²) in [5, 5.41) is 7.58. The summed E-state index contributed by atoms with van der Waals surface area (Å²) >= 11 is 5.91. The molecule has 28 heavy (non-hydrogen) atoms. The molecule has 0 fully saturated rings. The maximum Gasteiger partial charge on any atom is 0.268 e. The van der Waals surface area contributed by atoms with Crippen LogP contribution in [0.3, 0.4) is 0 Å². The van der Waals surface area contributed by atoms with E-state index >= 15 is 0 Å². The van der Waals surface area contributed by atoms with Crippen molar-refractivity contribution in [1.29, 1.82) is 0 Å². The van der Waals surface area contributed by atoms with Gasteiger partial charge in [0.05, 0.1) is 5.71 Å². The number of fused-ring (bicyclic) bond motifs is 1. The van der Waals surface area contributed by atoms with E-state index in [1.807, 2.05) is 31.2 Å². The van der Waals surface area contributed by atoms with Gasteiger partial charge in [-0.2, -0.15) is 0 Å². The molecule has 0 aliphatic carbocycles. The molecular formula is C21H20ClN3O3. The minimum atomic E-state index is -0.674. The van der Waals surface area contributed by atoms with E-state index in [0.29, 0.717) is 17.1 Å². The number of carbonyl (C=O) groups excluding carboxylic acids is 2. The molecule has 2 aliphatic rings. The van der Waals surface area contributed by atoms with Gasteiger partial charge in [-0.15, -0.1) is 0 Å². The Morgan fingerprint density at radius 2 is 1.93 bits per heavy atom. The molecule has 144 valence electrons. The Hall–Kier alpha value is -2.86. The van der Waals surface area contributed by atoms with Crippen molar-refractivity contribution < 1.29 is 14.4 Å². The lowest BCUT2D eigenvalue weighted by molar-refractivity contribution is -0.125. The number of nitrogens with one attached hydrogen (secondary N) is 1. The van der Waals surface area contributed by atoms with E-state index < -0.39 is 6.10 Å². The highest BCUT2D eigenvalue weighted by molar-refractivity contribution is 6.30. The number of halogens is 1. The summed E-state index contributed by atoms with van der Waals surface area (Å²) in [4.78, 5) is 31.5. The largest absolute Gasteiger partial charge is 0.382 e. The summed E-state index contributed by atoms with van der Waals surface area (Å²) < 4.78 is 0. The third-order valence-corrected chi connectivity index (χ3v) is 5.29. The zero-order valence-electron chi connectivity index (χ0n) is 15.6. The number of rotatable bonds is 3. The molecule has 0 aromatic heterocycles. The van der Waals surface area contributed by atoms with Crippen molar-refractivity contribution >= 4 is 40.5 Å². The standard InChI is InChI=1S/C21H20ClN3O3/c1-12-9-15-10-17(7-8-19(15)25(12)13(2)26)23-21(27)20-11-18(24-28-20)14-3-5-16(22)6-4-14/h3-8,10,12,20H,9,11H2,1-2H3,(H,23,27)/t12-,20+/m0/s1. The van der Waals surface area contributed by atoms with E-state index in [1.165, 1.54) is 0 Å². The van der Waals surface area contributed by atoms with Gasteiger partial charge in [0.15, 0.2) is 0 Å². The molecule has 2 aliphatic heterocycles. The van der Waals surface area contributed by atoms with Crippen molar-refractivity contribution in [2.45, 2.75) is 38.8 Å². The molecule has 4 rings (SSSR count). The first-order chi connectivity index (χ1) is 13.4. The number of benzene rings is 2. The van der Waals surface area contributed by atoms with Gasteiger partial charge in [-0.1, -0.05) is 28.9 Å². The fraction of sp³-hybridized carbons (Fsp3) is 0.286. The van der Waals surface area contributed by atoms with Crippen LogP contribution in [0.1, 0.15) is 31.4 Å². The minimum Gasteiger partial charge on any atom is -0.382 e. The summed E-state index contributed by atoms with van der Waals surface area (Å²) in [5.41, 5.74) is 4.24. The third kappa shape index (κ3) is 3.47. The molecule has 2 aromatic carbocycles. The molecule has 0 radical (unpaired) electrons. The molecule has 0 bridgehead atoms. The molecule has 2 heterocycles. The Labute approximate surface area is 168 Å². The molecule has 7 heteroatoms. The average Bonchev–Trinajstić information content (AvgIpc) is 3.26. The lowest BCUT2D eigenvalue weighted by atomic mass is 10.0. The first-order valence-electron chi connectivity index (χ1n) is 9.14. The highest BCUT2D eigenvalue weighted by Gasteiger charge is 2.31. The molecule has 2 aromatic rings.